The molecule has 1 amide bonds. The van der Waals surface area contributed by atoms with E-state index in [4.69, 9.17) is 0 Å². The molecule has 0 atom stereocenters. The van der Waals surface area contributed by atoms with Gasteiger partial charge in [-0.2, -0.15) is 5.10 Å². The van der Waals surface area contributed by atoms with Crippen LogP contribution in [0.2, 0.25) is 0 Å². The zero-order valence-electron chi connectivity index (χ0n) is 13.7. The molecule has 3 rings (SSSR count). The Hall–Kier alpha value is -2.96. The minimum atomic E-state index is -0.310. The van der Waals surface area contributed by atoms with E-state index in [2.05, 4.69) is 15.4 Å². The van der Waals surface area contributed by atoms with Gasteiger partial charge >= 0.3 is 0 Å². The molecular formula is C17H18FN5O. The molecule has 24 heavy (non-hydrogen) atoms. The number of carbonyl (C=O) groups is 1. The second-order valence-corrected chi connectivity index (χ2v) is 5.46. The number of carbonyl (C=O) groups excluding carboxylic acids is 1. The third-order valence-corrected chi connectivity index (χ3v) is 3.86. The summed E-state index contributed by atoms with van der Waals surface area (Å²) >= 11 is 0. The molecule has 0 aliphatic rings. The number of aryl methyl sites for hydroxylation is 2. The van der Waals surface area contributed by atoms with Crippen molar-refractivity contribution in [1.29, 1.82) is 0 Å². The van der Waals surface area contributed by atoms with Crippen molar-refractivity contribution in [1.82, 2.24) is 19.3 Å². The lowest BCUT2D eigenvalue weighted by Gasteiger charge is -2.04. The summed E-state index contributed by atoms with van der Waals surface area (Å²) in [5.41, 5.74) is 3.39. The van der Waals surface area contributed by atoms with Crippen LogP contribution in [0.3, 0.4) is 0 Å². The monoisotopic (exact) mass is 327 g/mol. The van der Waals surface area contributed by atoms with Crippen LogP contribution in [-0.4, -0.2) is 25.2 Å². The number of imidazole rings is 1. The molecule has 0 unspecified atom stereocenters. The van der Waals surface area contributed by atoms with E-state index in [1.54, 1.807) is 22.9 Å². The largest absolute Gasteiger partial charge is 0.317 e. The Labute approximate surface area is 138 Å². The zero-order chi connectivity index (χ0) is 17.3. The Bertz CT molecular complexity index is 879. The normalized spacial score (nSPS) is 10.8. The van der Waals surface area contributed by atoms with E-state index in [1.165, 1.54) is 18.5 Å². The van der Waals surface area contributed by atoms with E-state index >= 15 is 0 Å². The van der Waals surface area contributed by atoms with Crippen molar-refractivity contribution in [2.75, 3.05) is 5.32 Å². The van der Waals surface area contributed by atoms with Crippen molar-refractivity contribution >= 4 is 11.6 Å². The van der Waals surface area contributed by atoms with Crippen molar-refractivity contribution in [3.63, 3.8) is 0 Å². The highest BCUT2D eigenvalue weighted by Gasteiger charge is 2.16. The number of nitrogens with one attached hydrogen (secondary N) is 1. The molecule has 3 aromatic rings. The lowest BCUT2D eigenvalue weighted by molar-refractivity contribution is 0.102. The molecule has 0 saturated carbocycles. The number of anilines is 1. The highest BCUT2D eigenvalue weighted by Crippen LogP contribution is 2.20. The van der Waals surface area contributed by atoms with Gasteiger partial charge in [-0.1, -0.05) is 0 Å². The SMILES string of the molecule is CCn1nc(C)c(NC(=O)c2cn(-c3ccc(F)cc3)cn2)c1C. The summed E-state index contributed by atoms with van der Waals surface area (Å²) < 4.78 is 16.5. The molecule has 0 bridgehead atoms. The quantitative estimate of drug-likeness (QED) is 0.801. The minimum absolute atomic E-state index is 0.280. The summed E-state index contributed by atoms with van der Waals surface area (Å²) in [6.07, 6.45) is 3.13. The first-order valence-electron chi connectivity index (χ1n) is 7.65. The topological polar surface area (TPSA) is 64.7 Å². The van der Waals surface area contributed by atoms with Crippen LogP contribution in [0.1, 0.15) is 28.8 Å². The lowest BCUT2D eigenvalue weighted by atomic mass is 10.3. The Kier molecular flexibility index (Phi) is 4.16. The Balaban J connectivity index is 1.82. The molecule has 0 saturated heterocycles. The summed E-state index contributed by atoms with van der Waals surface area (Å²) in [6.45, 7) is 6.50. The van der Waals surface area contributed by atoms with Crippen LogP contribution in [0, 0.1) is 19.7 Å². The fourth-order valence-corrected chi connectivity index (χ4v) is 2.56. The van der Waals surface area contributed by atoms with E-state index in [-0.39, 0.29) is 17.4 Å². The van der Waals surface area contributed by atoms with Gasteiger partial charge in [-0.25, -0.2) is 9.37 Å². The standard InChI is InChI=1S/C17H18FN5O/c1-4-23-12(3)16(11(2)21-23)20-17(24)15-9-22(10-19-15)14-7-5-13(18)6-8-14/h5-10H,4H2,1-3H3,(H,20,24). The number of rotatable bonds is 4. The van der Waals surface area contributed by atoms with Gasteiger partial charge in [0.2, 0.25) is 0 Å². The first kappa shape index (κ1) is 15.9. The molecule has 124 valence electrons. The highest BCUT2D eigenvalue weighted by atomic mass is 19.1. The van der Waals surface area contributed by atoms with Crippen LogP contribution in [-0.2, 0) is 6.54 Å². The predicted octanol–water partition coefficient (Wildman–Crippen LogP) is 3.10. The van der Waals surface area contributed by atoms with Gasteiger partial charge < -0.3 is 9.88 Å². The van der Waals surface area contributed by atoms with Crippen molar-refractivity contribution < 1.29 is 9.18 Å². The van der Waals surface area contributed by atoms with Gasteiger partial charge in [0.05, 0.1) is 17.1 Å². The van der Waals surface area contributed by atoms with Gasteiger partial charge in [0.15, 0.2) is 0 Å². The molecule has 6 nitrogen and oxygen atoms in total. The predicted molar refractivity (Wildman–Crippen MR) is 88.9 cm³/mol. The van der Waals surface area contributed by atoms with Crippen molar-refractivity contribution in [2.45, 2.75) is 27.3 Å². The van der Waals surface area contributed by atoms with Gasteiger partial charge in [-0.05, 0) is 45.0 Å². The van der Waals surface area contributed by atoms with Gasteiger partial charge in [0, 0.05) is 18.4 Å². The van der Waals surface area contributed by atoms with Crippen molar-refractivity contribution in [2.24, 2.45) is 0 Å². The number of amides is 1. The van der Waals surface area contributed by atoms with Crippen LogP contribution in [0.25, 0.3) is 5.69 Å². The van der Waals surface area contributed by atoms with E-state index < -0.39 is 0 Å². The molecule has 0 radical (unpaired) electrons. The number of halogens is 1. The highest BCUT2D eigenvalue weighted by molar-refractivity contribution is 6.03. The van der Waals surface area contributed by atoms with Crippen LogP contribution in [0.15, 0.2) is 36.8 Å². The fourth-order valence-electron chi connectivity index (χ4n) is 2.56. The maximum Gasteiger partial charge on any atom is 0.275 e. The average molecular weight is 327 g/mol. The molecular weight excluding hydrogens is 309 g/mol. The van der Waals surface area contributed by atoms with Crippen LogP contribution < -0.4 is 5.32 Å². The van der Waals surface area contributed by atoms with Crippen LogP contribution >= 0.6 is 0 Å². The molecule has 2 aromatic heterocycles. The van der Waals surface area contributed by atoms with E-state index in [9.17, 15) is 9.18 Å². The zero-order valence-corrected chi connectivity index (χ0v) is 13.7. The lowest BCUT2D eigenvalue weighted by Crippen LogP contribution is -2.13. The second kappa shape index (κ2) is 6.27. The number of aromatic nitrogens is 4. The first-order chi connectivity index (χ1) is 11.5. The van der Waals surface area contributed by atoms with Crippen molar-refractivity contribution in [3.05, 3.63) is 59.7 Å². The maximum absolute atomic E-state index is 13.0. The second-order valence-electron chi connectivity index (χ2n) is 5.46. The molecule has 0 aliphatic heterocycles. The summed E-state index contributed by atoms with van der Waals surface area (Å²) in [5, 5.41) is 7.24. The van der Waals surface area contributed by atoms with Crippen molar-refractivity contribution in [3.8, 4) is 5.69 Å². The van der Waals surface area contributed by atoms with Gasteiger partial charge in [0.1, 0.15) is 17.8 Å². The molecule has 0 aliphatic carbocycles. The van der Waals surface area contributed by atoms with E-state index in [0.29, 0.717) is 5.69 Å². The number of hydrogen-bond donors (Lipinski definition) is 1. The average Bonchev–Trinajstić information content (AvgIpc) is 3.16. The smallest absolute Gasteiger partial charge is 0.275 e. The first-order valence-corrected chi connectivity index (χ1v) is 7.65. The number of nitrogens with zero attached hydrogens (tertiary/aromatic N) is 4. The third-order valence-electron chi connectivity index (χ3n) is 3.86. The number of benzene rings is 1. The minimum Gasteiger partial charge on any atom is -0.317 e. The van der Waals surface area contributed by atoms with Gasteiger partial charge in [-0.3, -0.25) is 9.48 Å². The Morgan fingerprint density at radius 1 is 1.25 bits per heavy atom. The molecule has 0 spiro atoms. The maximum atomic E-state index is 13.0. The van der Waals surface area contributed by atoms with Gasteiger partial charge in [0.25, 0.3) is 5.91 Å². The third kappa shape index (κ3) is 2.92. The molecule has 7 heteroatoms. The molecule has 1 N–H and O–H groups in total. The van der Waals surface area contributed by atoms with E-state index in [1.807, 2.05) is 25.5 Å². The van der Waals surface area contributed by atoms with Crippen LogP contribution in [0.4, 0.5) is 10.1 Å². The summed E-state index contributed by atoms with van der Waals surface area (Å²) in [4.78, 5) is 16.6. The summed E-state index contributed by atoms with van der Waals surface area (Å²) in [6, 6.07) is 5.97. The summed E-state index contributed by atoms with van der Waals surface area (Å²) in [5.74, 6) is -0.617. The fraction of sp³-hybridized carbons (Fsp3) is 0.235. The number of hydrogen-bond acceptors (Lipinski definition) is 3. The van der Waals surface area contributed by atoms with E-state index in [0.717, 1.165) is 23.6 Å². The summed E-state index contributed by atoms with van der Waals surface area (Å²) in [7, 11) is 0. The Morgan fingerprint density at radius 2 is 1.96 bits per heavy atom. The molecule has 2 heterocycles. The van der Waals surface area contributed by atoms with Gasteiger partial charge in [-0.15, -0.1) is 0 Å². The molecule has 0 fully saturated rings. The van der Waals surface area contributed by atoms with Crippen LogP contribution in [0.5, 0.6) is 0 Å². The Morgan fingerprint density at radius 3 is 2.58 bits per heavy atom. The molecule has 1 aromatic carbocycles.